The first-order valence-corrected chi connectivity index (χ1v) is 5.66. The van der Waals surface area contributed by atoms with Gasteiger partial charge in [0.25, 0.3) is 0 Å². The Kier molecular flexibility index (Phi) is 2.72. The van der Waals surface area contributed by atoms with E-state index in [4.69, 9.17) is 5.73 Å². The SMILES string of the molecule is Cc1cc2c(c(CC(C)N)c1C)NC(=O)C2. The number of hydrogen-bond donors (Lipinski definition) is 2. The molecule has 0 radical (unpaired) electrons. The zero-order chi connectivity index (χ0) is 11.9. The van der Waals surface area contributed by atoms with Gasteiger partial charge in [-0.1, -0.05) is 6.07 Å². The number of rotatable bonds is 2. The van der Waals surface area contributed by atoms with E-state index in [9.17, 15) is 4.79 Å². The van der Waals surface area contributed by atoms with E-state index in [1.807, 2.05) is 6.92 Å². The lowest BCUT2D eigenvalue weighted by Gasteiger charge is -2.16. The average molecular weight is 218 g/mol. The molecular formula is C13H18N2O. The van der Waals surface area contributed by atoms with Crippen LogP contribution in [0.5, 0.6) is 0 Å². The van der Waals surface area contributed by atoms with E-state index >= 15 is 0 Å². The monoisotopic (exact) mass is 218 g/mol. The summed E-state index contributed by atoms with van der Waals surface area (Å²) in [6.07, 6.45) is 1.32. The van der Waals surface area contributed by atoms with E-state index in [1.54, 1.807) is 0 Å². The van der Waals surface area contributed by atoms with E-state index in [0.717, 1.165) is 17.7 Å². The molecule has 1 unspecified atom stereocenters. The first-order chi connectivity index (χ1) is 7.49. The van der Waals surface area contributed by atoms with Gasteiger partial charge in [0.15, 0.2) is 0 Å². The molecule has 1 aromatic carbocycles. The molecular weight excluding hydrogens is 200 g/mol. The predicted octanol–water partition coefficient (Wildman–Crippen LogP) is 1.69. The van der Waals surface area contributed by atoms with Crippen molar-refractivity contribution in [2.24, 2.45) is 5.73 Å². The Morgan fingerprint density at radius 3 is 2.81 bits per heavy atom. The molecule has 0 saturated heterocycles. The fourth-order valence-corrected chi connectivity index (χ4v) is 2.29. The minimum atomic E-state index is 0.0888. The van der Waals surface area contributed by atoms with E-state index in [1.165, 1.54) is 16.7 Å². The summed E-state index contributed by atoms with van der Waals surface area (Å²) >= 11 is 0. The van der Waals surface area contributed by atoms with E-state index in [2.05, 4.69) is 25.2 Å². The summed E-state index contributed by atoms with van der Waals surface area (Å²) in [4.78, 5) is 11.4. The molecule has 2 rings (SSSR count). The maximum atomic E-state index is 11.4. The molecule has 1 aliphatic heterocycles. The zero-order valence-electron chi connectivity index (χ0n) is 10.1. The molecule has 0 fully saturated rings. The summed E-state index contributed by atoms with van der Waals surface area (Å²) in [5.41, 5.74) is 11.7. The van der Waals surface area contributed by atoms with Crippen LogP contribution < -0.4 is 11.1 Å². The molecule has 86 valence electrons. The molecule has 1 amide bonds. The number of aryl methyl sites for hydroxylation is 1. The number of amides is 1. The first kappa shape index (κ1) is 11.1. The number of benzene rings is 1. The first-order valence-electron chi connectivity index (χ1n) is 5.66. The summed E-state index contributed by atoms with van der Waals surface area (Å²) in [6.45, 7) is 6.17. The van der Waals surface area contributed by atoms with Gasteiger partial charge in [0.1, 0.15) is 0 Å². The Bertz CT molecular complexity index is 450. The number of nitrogens with two attached hydrogens (primary N) is 1. The van der Waals surface area contributed by atoms with Crippen LogP contribution in [0.1, 0.15) is 29.2 Å². The van der Waals surface area contributed by atoms with Crippen LogP contribution in [-0.4, -0.2) is 11.9 Å². The van der Waals surface area contributed by atoms with Crippen LogP contribution in [0, 0.1) is 13.8 Å². The fourth-order valence-electron chi connectivity index (χ4n) is 2.29. The van der Waals surface area contributed by atoms with Gasteiger partial charge in [0, 0.05) is 11.7 Å². The normalized spacial score (nSPS) is 15.9. The second-order valence-electron chi connectivity index (χ2n) is 4.74. The molecule has 0 bridgehead atoms. The highest BCUT2D eigenvalue weighted by molar-refractivity contribution is 6.00. The number of hydrogen-bond acceptors (Lipinski definition) is 2. The Morgan fingerprint density at radius 1 is 1.50 bits per heavy atom. The molecule has 1 heterocycles. The second kappa shape index (κ2) is 3.91. The number of nitrogens with one attached hydrogen (secondary N) is 1. The molecule has 3 nitrogen and oxygen atoms in total. The standard InChI is InChI=1S/C13H18N2O/c1-7-4-10-6-12(16)15-13(10)11(9(7)3)5-8(2)14/h4,8H,5-6,14H2,1-3H3,(H,15,16). The van der Waals surface area contributed by atoms with Crippen molar-refractivity contribution in [3.05, 3.63) is 28.3 Å². The summed E-state index contributed by atoms with van der Waals surface area (Å²) < 4.78 is 0. The highest BCUT2D eigenvalue weighted by Crippen LogP contribution is 2.32. The van der Waals surface area contributed by atoms with E-state index in [0.29, 0.717) is 6.42 Å². The van der Waals surface area contributed by atoms with Crippen LogP contribution >= 0.6 is 0 Å². The summed E-state index contributed by atoms with van der Waals surface area (Å²) in [6, 6.07) is 2.22. The van der Waals surface area contributed by atoms with Gasteiger partial charge in [-0.05, 0) is 49.4 Å². The summed E-state index contributed by atoms with van der Waals surface area (Å²) in [7, 11) is 0. The number of anilines is 1. The van der Waals surface area contributed by atoms with Crippen molar-refractivity contribution in [1.29, 1.82) is 0 Å². The smallest absolute Gasteiger partial charge is 0.228 e. The van der Waals surface area contributed by atoms with Crippen LogP contribution in [-0.2, 0) is 17.6 Å². The maximum Gasteiger partial charge on any atom is 0.228 e. The molecule has 0 spiro atoms. The van der Waals surface area contributed by atoms with Gasteiger partial charge in [0.2, 0.25) is 5.91 Å². The third-order valence-electron chi connectivity index (χ3n) is 3.20. The lowest BCUT2D eigenvalue weighted by molar-refractivity contribution is -0.115. The second-order valence-corrected chi connectivity index (χ2v) is 4.74. The zero-order valence-corrected chi connectivity index (χ0v) is 10.1. The van der Waals surface area contributed by atoms with Crippen molar-refractivity contribution >= 4 is 11.6 Å². The van der Waals surface area contributed by atoms with Crippen molar-refractivity contribution in [3.63, 3.8) is 0 Å². The fraction of sp³-hybridized carbons (Fsp3) is 0.462. The lowest BCUT2D eigenvalue weighted by atomic mass is 9.93. The van der Waals surface area contributed by atoms with Crippen molar-refractivity contribution in [3.8, 4) is 0 Å². The molecule has 0 aliphatic carbocycles. The Morgan fingerprint density at radius 2 is 2.19 bits per heavy atom. The van der Waals surface area contributed by atoms with E-state index in [-0.39, 0.29) is 11.9 Å². The molecule has 3 heteroatoms. The number of fused-ring (bicyclic) bond motifs is 1. The van der Waals surface area contributed by atoms with Gasteiger partial charge >= 0.3 is 0 Å². The van der Waals surface area contributed by atoms with Crippen molar-refractivity contribution in [2.75, 3.05) is 5.32 Å². The minimum Gasteiger partial charge on any atom is -0.328 e. The molecule has 1 atom stereocenters. The summed E-state index contributed by atoms with van der Waals surface area (Å²) in [5.74, 6) is 0.0888. The van der Waals surface area contributed by atoms with Crippen LogP contribution in [0.3, 0.4) is 0 Å². The third-order valence-corrected chi connectivity index (χ3v) is 3.20. The van der Waals surface area contributed by atoms with Gasteiger partial charge in [-0.25, -0.2) is 0 Å². The van der Waals surface area contributed by atoms with Crippen LogP contribution in [0.2, 0.25) is 0 Å². The van der Waals surface area contributed by atoms with Gasteiger partial charge in [-0.3, -0.25) is 4.79 Å². The topological polar surface area (TPSA) is 55.1 Å². The molecule has 3 N–H and O–H groups in total. The largest absolute Gasteiger partial charge is 0.328 e. The Labute approximate surface area is 96.0 Å². The molecule has 1 aromatic rings. The lowest BCUT2D eigenvalue weighted by Crippen LogP contribution is -2.19. The average Bonchev–Trinajstić information content (AvgIpc) is 2.53. The quantitative estimate of drug-likeness (QED) is 0.793. The number of carbonyl (C=O) groups excluding carboxylic acids is 1. The molecule has 16 heavy (non-hydrogen) atoms. The van der Waals surface area contributed by atoms with E-state index < -0.39 is 0 Å². The molecule has 0 saturated carbocycles. The third kappa shape index (κ3) is 1.83. The predicted molar refractivity (Wildman–Crippen MR) is 65.6 cm³/mol. The maximum absolute atomic E-state index is 11.4. The Balaban J connectivity index is 2.53. The molecule has 1 aliphatic rings. The van der Waals surface area contributed by atoms with Crippen molar-refractivity contribution in [1.82, 2.24) is 0 Å². The minimum absolute atomic E-state index is 0.0888. The summed E-state index contributed by atoms with van der Waals surface area (Å²) in [5, 5.41) is 2.94. The highest BCUT2D eigenvalue weighted by Gasteiger charge is 2.23. The van der Waals surface area contributed by atoms with Gasteiger partial charge in [-0.15, -0.1) is 0 Å². The Hall–Kier alpha value is -1.35. The molecule has 0 aromatic heterocycles. The van der Waals surface area contributed by atoms with Crippen LogP contribution in [0.25, 0.3) is 0 Å². The number of carbonyl (C=O) groups is 1. The van der Waals surface area contributed by atoms with Gasteiger partial charge in [0.05, 0.1) is 6.42 Å². The van der Waals surface area contributed by atoms with Gasteiger partial charge < -0.3 is 11.1 Å². The van der Waals surface area contributed by atoms with Crippen molar-refractivity contribution < 1.29 is 4.79 Å². The van der Waals surface area contributed by atoms with Crippen LogP contribution in [0.4, 0.5) is 5.69 Å². The highest BCUT2D eigenvalue weighted by atomic mass is 16.1. The van der Waals surface area contributed by atoms with Crippen molar-refractivity contribution in [2.45, 2.75) is 39.7 Å². The van der Waals surface area contributed by atoms with Gasteiger partial charge in [-0.2, -0.15) is 0 Å². The van der Waals surface area contributed by atoms with Crippen LogP contribution in [0.15, 0.2) is 6.07 Å².